The third-order valence-corrected chi connectivity index (χ3v) is 7.68. The minimum Gasteiger partial charge on any atom is -0.457 e. The molecule has 2 saturated heterocycles. The van der Waals surface area contributed by atoms with E-state index in [0.29, 0.717) is 41.7 Å². The Kier molecular flexibility index (Phi) is 8.20. The highest BCUT2D eigenvalue weighted by molar-refractivity contribution is 5.98. The number of rotatable bonds is 8. The molecular weight excluding hydrogens is 518 g/mol. The van der Waals surface area contributed by atoms with Crippen molar-refractivity contribution in [1.82, 2.24) is 30.0 Å². The van der Waals surface area contributed by atoms with Gasteiger partial charge in [-0.05, 0) is 62.1 Å². The van der Waals surface area contributed by atoms with Crippen LogP contribution in [-0.2, 0) is 9.53 Å². The Morgan fingerprint density at radius 3 is 2.63 bits per heavy atom. The first-order valence-corrected chi connectivity index (χ1v) is 14.2. The highest BCUT2D eigenvalue weighted by Gasteiger charge is 2.28. The second-order valence-electron chi connectivity index (χ2n) is 10.5. The molecule has 2 aromatic heterocycles. The van der Waals surface area contributed by atoms with E-state index in [2.05, 4.69) is 15.3 Å². The van der Waals surface area contributed by atoms with Crippen LogP contribution in [0.3, 0.4) is 0 Å². The van der Waals surface area contributed by atoms with E-state index in [0.717, 1.165) is 62.5 Å². The van der Waals surface area contributed by atoms with Gasteiger partial charge in [-0.3, -0.25) is 4.79 Å². The number of nitrogen functional groups attached to an aromatic ring is 1. The Hall–Kier alpha value is -4.28. The van der Waals surface area contributed by atoms with Gasteiger partial charge in [-0.25, -0.2) is 14.6 Å². The monoisotopic (exact) mass is 553 g/mol. The number of hydrogen-bond donors (Lipinski definition) is 2. The zero-order chi connectivity index (χ0) is 28.0. The van der Waals surface area contributed by atoms with Crippen molar-refractivity contribution in [1.29, 1.82) is 0 Å². The molecule has 4 heterocycles. The summed E-state index contributed by atoms with van der Waals surface area (Å²) < 4.78 is 13.3. The van der Waals surface area contributed by atoms with E-state index in [1.54, 1.807) is 6.08 Å². The minimum absolute atomic E-state index is 0.0170. The molecule has 0 spiro atoms. The topological polar surface area (TPSA) is 120 Å². The van der Waals surface area contributed by atoms with Crippen molar-refractivity contribution in [3.05, 3.63) is 73.1 Å². The first-order valence-electron chi connectivity index (χ1n) is 14.2. The minimum atomic E-state index is -0.0206. The predicted octanol–water partition coefficient (Wildman–Crippen LogP) is 4.36. The third-order valence-electron chi connectivity index (χ3n) is 7.68. The molecule has 0 aliphatic carbocycles. The highest BCUT2D eigenvalue weighted by atomic mass is 16.5. The zero-order valence-electron chi connectivity index (χ0n) is 23.0. The molecule has 2 aromatic carbocycles. The number of carbonyl (C=O) groups is 1. The van der Waals surface area contributed by atoms with Gasteiger partial charge in [-0.2, -0.15) is 5.10 Å². The Morgan fingerprint density at radius 2 is 1.83 bits per heavy atom. The number of likely N-dealkylation sites (tertiary alicyclic amines) is 1. The van der Waals surface area contributed by atoms with Crippen molar-refractivity contribution < 1.29 is 14.3 Å². The van der Waals surface area contributed by atoms with Gasteiger partial charge in [0.25, 0.3) is 0 Å². The van der Waals surface area contributed by atoms with Gasteiger partial charge >= 0.3 is 0 Å². The van der Waals surface area contributed by atoms with Gasteiger partial charge in [-0.15, -0.1) is 0 Å². The molecule has 4 aromatic rings. The molecule has 0 unspecified atom stereocenters. The summed E-state index contributed by atoms with van der Waals surface area (Å²) in [6, 6.07) is 17.8. The van der Waals surface area contributed by atoms with Crippen LogP contribution >= 0.6 is 0 Å². The van der Waals surface area contributed by atoms with Crippen molar-refractivity contribution in [2.75, 3.05) is 38.6 Å². The molecular formula is C31H35N7O3. The molecule has 2 aliphatic rings. The number of aromatic nitrogens is 4. The summed E-state index contributed by atoms with van der Waals surface area (Å²) >= 11 is 0. The van der Waals surface area contributed by atoms with Crippen molar-refractivity contribution in [3.8, 4) is 22.8 Å². The summed E-state index contributed by atoms with van der Waals surface area (Å²) in [5.74, 6) is 1.90. The van der Waals surface area contributed by atoms with Gasteiger partial charge in [0.05, 0.1) is 11.4 Å². The normalized spacial score (nSPS) is 18.2. The molecule has 212 valence electrons. The van der Waals surface area contributed by atoms with Gasteiger partial charge in [0, 0.05) is 50.5 Å². The van der Waals surface area contributed by atoms with E-state index in [4.69, 9.17) is 20.3 Å². The number of benzene rings is 2. The van der Waals surface area contributed by atoms with E-state index in [9.17, 15) is 4.79 Å². The molecule has 3 N–H and O–H groups in total. The number of para-hydroxylation sites is 1. The molecule has 0 saturated carbocycles. The largest absolute Gasteiger partial charge is 0.457 e. The van der Waals surface area contributed by atoms with E-state index >= 15 is 0 Å². The highest BCUT2D eigenvalue weighted by Crippen LogP contribution is 2.35. The van der Waals surface area contributed by atoms with E-state index in [1.807, 2.05) is 70.3 Å². The zero-order valence-corrected chi connectivity index (χ0v) is 23.0. The standard InChI is InChI=1S/C31H35N7O3/c32-30-28-29(22-10-12-26(13-11-22)41-25-7-2-1-3-8-25)36-38(31(28)35-21-34-30)24-6-5-17-37(20-24)27(39)9-4-16-33-23-14-18-40-19-15-23/h1-4,7-13,21,23-24,33H,5-6,14-20H2,(H2,32,34,35)/t24-/m1/s1. The fourth-order valence-electron chi connectivity index (χ4n) is 5.51. The molecule has 10 nitrogen and oxygen atoms in total. The van der Waals surface area contributed by atoms with Crippen molar-refractivity contribution >= 4 is 22.8 Å². The maximum absolute atomic E-state index is 13.0. The van der Waals surface area contributed by atoms with E-state index < -0.39 is 0 Å². The SMILES string of the molecule is Nc1ncnc2c1c(-c1ccc(Oc3ccccc3)cc1)nn2[C@@H]1CCCN(C(=O)C=CCNC2CCOCC2)C1. The number of nitrogens with zero attached hydrogens (tertiary/aromatic N) is 5. The molecule has 1 atom stereocenters. The lowest BCUT2D eigenvalue weighted by Gasteiger charge is -2.32. The first kappa shape index (κ1) is 26.9. The van der Waals surface area contributed by atoms with Gasteiger partial charge < -0.3 is 25.4 Å². The van der Waals surface area contributed by atoms with Crippen LogP contribution in [0.2, 0.25) is 0 Å². The number of fused-ring (bicyclic) bond motifs is 1. The number of ether oxygens (including phenoxy) is 2. The number of nitrogens with one attached hydrogen (secondary N) is 1. The summed E-state index contributed by atoms with van der Waals surface area (Å²) in [7, 11) is 0. The Labute approximate surface area is 239 Å². The van der Waals surface area contributed by atoms with Crippen molar-refractivity contribution in [3.63, 3.8) is 0 Å². The Bertz CT molecular complexity index is 1500. The second kappa shape index (κ2) is 12.5. The first-order chi connectivity index (χ1) is 20.2. The van der Waals surface area contributed by atoms with Crippen LogP contribution in [0.4, 0.5) is 5.82 Å². The third kappa shape index (κ3) is 6.23. The average Bonchev–Trinajstić information content (AvgIpc) is 3.42. The fourth-order valence-corrected chi connectivity index (χ4v) is 5.51. The lowest BCUT2D eigenvalue weighted by molar-refractivity contribution is -0.127. The summed E-state index contributed by atoms with van der Waals surface area (Å²) in [6.07, 6.45) is 8.86. The van der Waals surface area contributed by atoms with Crippen LogP contribution in [0.5, 0.6) is 11.5 Å². The van der Waals surface area contributed by atoms with Crippen molar-refractivity contribution in [2.24, 2.45) is 0 Å². The van der Waals surface area contributed by atoms with Crippen LogP contribution in [0.15, 0.2) is 73.1 Å². The van der Waals surface area contributed by atoms with Crippen LogP contribution < -0.4 is 15.8 Å². The molecule has 0 radical (unpaired) electrons. The van der Waals surface area contributed by atoms with Gasteiger partial charge in [0.1, 0.15) is 29.3 Å². The summed E-state index contributed by atoms with van der Waals surface area (Å²) in [5.41, 5.74) is 8.63. The lowest BCUT2D eigenvalue weighted by atomic mass is 10.1. The summed E-state index contributed by atoms with van der Waals surface area (Å²) in [6.45, 7) is 3.54. The van der Waals surface area contributed by atoms with Gasteiger partial charge in [0.15, 0.2) is 5.65 Å². The Balaban J connectivity index is 1.18. The van der Waals surface area contributed by atoms with E-state index in [-0.39, 0.29) is 11.9 Å². The smallest absolute Gasteiger partial charge is 0.246 e. The summed E-state index contributed by atoms with van der Waals surface area (Å²) in [5, 5.41) is 9.20. The molecule has 1 amide bonds. The number of anilines is 1. The van der Waals surface area contributed by atoms with Crippen LogP contribution in [-0.4, -0.2) is 69.4 Å². The molecule has 0 bridgehead atoms. The van der Waals surface area contributed by atoms with Crippen LogP contribution in [0.25, 0.3) is 22.3 Å². The van der Waals surface area contributed by atoms with Crippen LogP contribution in [0, 0.1) is 0 Å². The van der Waals surface area contributed by atoms with E-state index in [1.165, 1.54) is 6.33 Å². The van der Waals surface area contributed by atoms with Crippen LogP contribution in [0.1, 0.15) is 31.7 Å². The fraction of sp³-hybridized carbons (Fsp3) is 0.355. The number of nitrogens with two attached hydrogens (primary N) is 1. The maximum atomic E-state index is 13.0. The maximum Gasteiger partial charge on any atom is 0.246 e. The average molecular weight is 554 g/mol. The number of piperidine rings is 1. The predicted molar refractivity (Wildman–Crippen MR) is 158 cm³/mol. The Morgan fingerprint density at radius 1 is 1.05 bits per heavy atom. The summed E-state index contributed by atoms with van der Waals surface area (Å²) in [4.78, 5) is 23.7. The molecule has 41 heavy (non-hydrogen) atoms. The number of amides is 1. The number of carbonyl (C=O) groups excluding carboxylic acids is 1. The van der Waals surface area contributed by atoms with Gasteiger partial charge in [-0.1, -0.05) is 24.3 Å². The lowest BCUT2D eigenvalue weighted by Crippen LogP contribution is -2.40. The molecule has 2 aliphatic heterocycles. The molecule has 6 rings (SSSR count). The number of hydrogen-bond acceptors (Lipinski definition) is 8. The van der Waals surface area contributed by atoms with Crippen molar-refractivity contribution in [2.45, 2.75) is 37.8 Å². The van der Waals surface area contributed by atoms with Gasteiger partial charge in [0.2, 0.25) is 5.91 Å². The molecule has 2 fully saturated rings. The molecule has 10 heteroatoms. The quantitative estimate of drug-likeness (QED) is 0.309. The second-order valence-corrected chi connectivity index (χ2v) is 10.5.